The van der Waals surface area contributed by atoms with E-state index in [1.807, 2.05) is 44.2 Å². The van der Waals surface area contributed by atoms with E-state index in [0.717, 1.165) is 30.2 Å². The number of fused-ring (bicyclic) bond motifs is 7. The number of carbonyl (C=O) groups excluding carboxylic acids is 2. The van der Waals surface area contributed by atoms with Gasteiger partial charge in [-0.15, -0.1) is 0 Å². The predicted octanol–water partition coefficient (Wildman–Crippen LogP) is 9.90. The maximum Gasteiger partial charge on any atom is 0.309 e. The van der Waals surface area contributed by atoms with E-state index in [0.29, 0.717) is 35.0 Å². The first-order valence-corrected chi connectivity index (χ1v) is 20.2. The van der Waals surface area contributed by atoms with Crippen LogP contribution in [-0.2, 0) is 25.7 Å². The molecule has 12 atom stereocenters. The van der Waals surface area contributed by atoms with Crippen molar-refractivity contribution in [3.05, 3.63) is 35.9 Å². The van der Waals surface area contributed by atoms with Gasteiger partial charge in [-0.3, -0.25) is 9.59 Å². The summed E-state index contributed by atoms with van der Waals surface area (Å²) in [4.78, 5) is 26.9. The van der Waals surface area contributed by atoms with Gasteiger partial charge in [0.2, 0.25) is 0 Å². The van der Waals surface area contributed by atoms with E-state index >= 15 is 0 Å². The molecule has 0 spiro atoms. The summed E-state index contributed by atoms with van der Waals surface area (Å²) < 4.78 is 12.2. The van der Waals surface area contributed by atoms with Crippen molar-refractivity contribution in [1.29, 1.82) is 0 Å². The Morgan fingerprint density at radius 1 is 0.755 bits per heavy atom. The van der Waals surface area contributed by atoms with Crippen LogP contribution in [0.4, 0.5) is 0 Å². The Bertz CT molecular complexity index is 1420. The molecule has 0 saturated heterocycles. The number of hydrogen-bond donors (Lipinski definition) is 1. The van der Waals surface area contributed by atoms with Gasteiger partial charge in [0.25, 0.3) is 0 Å². The van der Waals surface area contributed by atoms with Crippen molar-refractivity contribution in [2.24, 2.45) is 74.2 Å². The summed E-state index contributed by atoms with van der Waals surface area (Å²) in [7, 11) is 0. The number of rotatable bonds is 7. The van der Waals surface area contributed by atoms with Gasteiger partial charge < -0.3 is 15.2 Å². The van der Waals surface area contributed by atoms with Crippen molar-refractivity contribution in [3.63, 3.8) is 0 Å². The van der Waals surface area contributed by atoms with E-state index in [4.69, 9.17) is 15.2 Å². The number of ether oxygens (including phenoxy) is 2. The first-order chi connectivity index (χ1) is 23.0. The molecule has 1 aromatic rings. The zero-order valence-electron chi connectivity index (χ0n) is 32.1. The third kappa shape index (κ3) is 5.22. The van der Waals surface area contributed by atoms with Gasteiger partial charge in [0.15, 0.2) is 0 Å². The maximum absolute atomic E-state index is 13.9. The molecule has 5 nitrogen and oxygen atoms in total. The fourth-order valence-electron chi connectivity index (χ4n) is 14.5. The lowest BCUT2D eigenvalue weighted by Crippen LogP contribution is -2.68. The maximum atomic E-state index is 13.9. The normalized spacial score (nSPS) is 46.2. The molecule has 6 aliphatic rings. The Kier molecular flexibility index (Phi) is 8.76. The van der Waals surface area contributed by atoms with Crippen LogP contribution in [0.5, 0.6) is 0 Å². The molecule has 7 rings (SSSR count). The fourth-order valence-corrected chi connectivity index (χ4v) is 14.5. The van der Waals surface area contributed by atoms with Gasteiger partial charge in [-0.1, -0.05) is 98.6 Å². The van der Waals surface area contributed by atoms with Crippen molar-refractivity contribution < 1.29 is 19.1 Å². The van der Waals surface area contributed by atoms with E-state index in [9.17, 15) is 9.59 Å². The third-order valence-electron chi connectivity index (χ3n) is 17.6. The van der Waals surface area contributed by atoms with Crippen LogP contribution in [0.15, 0.2) is 30.3 Å². The second-order valence-electron chi connectivity index (χ2n) is 20.1. The molecule has 6 fully saturated rings. The number of esters is 2. The summed E-state index contributed by atoms with van der Waals surface area (Å²) in [5, 5.41) is 0. The van der Waals surface area contributed by atoms with E-state index in [1.165, 1.54) is 64.2 Å². The van der Waals surface area contributed by atoms with Crippen molar-refractivity contribution >= 4 is 11.9 Å². The molecule has 0 heterocycles. The molecule has 0 aromatic heterocycles. The third-order valence-corrected chi connectivity index (χ3v) is 17.6. The molecule has 5 heteroatoms. The first-order valence-electron chi connectivity index (χ1n) is 20.2. The Morgan fingerprint density at radius 2 is 1.47 bits per heavy atom. The summed E-state index contributed by atoms with van der Waals surface area (Å²) in [5.74, 6) is 2.61. The van der Waals surface area contributed by atoms with Gasteiger partial charge >= 0.3 is 11.9 Å². The smallest absolute Gasteiger partial charge is 0.309 e. The average molecular weight is 674 g/mol. The summed E-state index contributed by atoms with van der Waals surface area (Å²) in [6, 6.07) is 9.79. The second-order valence-corrected chi connectivity index (χ2v) is 20.1. The fraction of sp³-hybridized carbons (Fsp3) is 0.818. The lowest BCUT2D eigenvalue weighted by molar-refractivity contribution is -0.248. The minimum absolute atomic E-state index is 0.0652. The zero-order chi connectivity index (χ0) is 35.2. The highest BCUT2D eigenvalue weighted by Crippen LogP contribution is 2.76. The van der Waals surface area contributed by atoms with Crippen molar-refractivity contribution in [3.8, 4) is 0 Å². The minimum atomic E-state index is -0.477. The van der Waals surface area contributed by atoms with Crippen LogP contribution in [0.1, 0.15) is 144 Å². The molecule has 6 saturated carbocycles. The molecule has 0 bridgehead atoms. The summed E-state index contributed by atoms with van der Waals surface area (Å²) in [6.45, 7) is 19.5. The Balaban J connectivity index is 1.03. The van der Waals surface area contributed by atoms with E-state index in [2.05, 4.69) is 41.5 Å². The van der Waals surface area contributed by atoms with E-state index < -0.39 is 5.41 Å². The molecule has 49 heavy (non-hydrogen) atoms. The minimum Gasteiger partial charge on any atom is -0.462 e. The van der Waals surface area contributed by atoms with E-state index in [1.54, 1.807) is 0 Å². The largest absolute Gasteiger partial charge is 0.462 e. The molecule has 0 amide bonds. The summed E-state index contributed by atoms with van der Waals surface area (Å²) >= 11 is 0. The van der Waals surface area contributed by atoms with Crippen LogP contribution < -0.4 is 5.73 Å². The highest BCUT2D eigenvalue weighted by atomic mass is 16.5. The predicted molar refractivity (Wildman–Crippen MR) is 195 cm³/mol. The molecular formula is C44H67NO4. The van der Waals surface area contributed by atoms with Gasteiger partial charge in [0, 0.05) is 11.0 Å². The van der Waals surface area contributed by atoms with Gasteiger partial charge in [0.1, 0.15) is 12.7 Å². The van der Waals surface area contributed by atoms with Crippen LogP contribution in [-0.4, -0.2) is 23.6 Å². The Hall–Kier alpha value is -1.88. The molecular weight excluding hydrogens is 606 g/mol. The second kappa shape index (κ2) is 12.1. The molecule has 0 aliphatic heterocycles. The SMILES string of the molecule is CCCC1CC[C@]2(N)CC[C@]3(C)[C@H](CCC4[C@@]5(C)CC[C@H](OC(=O)[C@H]6C[C@@H](C(=O)OCc7ccccc7)C6(C)C)C(C)(C)C5CC[C@]43C)C12. The lowest BCUT2D eigenvalue weighted by atomic mass is 9.32. The summed E-state index contributed by atoms with van der Waals surface area (Å²) in [5.41, 5.74) is 8.71. The summed E-state index contributed by atoms with van der Waals surface area (Å²) in [6.07, 6.45) is 15.4. The van der Waals surface area contributed by atoms with Crippen LogP contribution in [0.2, 0.25) is 0 Å². The lowest BCUT2D eigenvalue weighted by Gasteiger charge is -2.72. The number of benzene rings is 1. The number of carbonyl (C=O) groups is 2. The van der Waals surface area contributed by atoms with Crippen LogP contribution >= 0.6 is 0 Å². The molecule has 2 N–H and O–H groups in total. The topological polar surface area (TPSA) is 78.6 Å². The van der Waals surface area contributed by atoms with Crippen LogP contribution in [0.3, 0.4) is 0 Å². The van der Waals surface area contributed by atoms with E-state index in [-0.39, 0.29) is 52.9 Å². The molecule has 272 valence electrons. The van der Waals surface area contributed by atoms with Crippen molar-refractivity contribution in [1.82, 2.24) is 0 Å². The highest BCUT2D eigenvalue weighted by molar-refractivity contribution is 5.82. The Morgan fingerprint density at radius 3 is 2.16 bits per heavy atom. The Labute approximate surface area is 297 Å². The molecule has 4 unspecified atom stereocenters. The monoisotopic (exact) mass is 674 g/mol. The molecule has 6 aliphatic carbocycles. The number of nitrogens with two attached hydrogens (primary N) is 1. The van der Waals surface area contributed by atoms with Gasteiger partial charge in [-0.25, -0.2) is 0 Å². The van der Waals surface area contributed by atoms with Gasteiger partial charge in [-0.05, 0) is 127 Å². The van der Waals surface area contributed by atoms with Crippen molar-refractivity contribution in [2.75, 3.05) is 0 Å². The number of hydrogen-bond acceptors (Lipinski definition) is 5. The first kappa shape index (κ1) is 35.5. The van der Waals surface area contributed by atoms with Crippen molar-refractivity contribution in [2.45, 2.75) is 157 Å². The quantitative estimate of drug-likeness (QED) is 0.292. The van der Waals surface area contributed by atoms with Crippen LogP contribution in [0.25, 0.3) is 0 Å². The highest BCUT2D eigenvalue weighted by Gasteiger charge is 2.70. The van der Waals surface area contributed by atoms with Crippen LogP contribution in [0, 0.1) is 68.5 Å². The zero-order valence-corrected chi connectivity index (χ0v) is 32.1. The average Bonchev–Trinajstić information content (AvgIpc) is 3.38. The molecule has 1 aromatic carbocycles. The van der Waals surface area contributed by atoms with Gasteiger partial charge in [-0.2, -0.15) is 0 Å². The van der Waals surface area contributed by atoms with Gasteiger partial charge in [0.05, 0.1) is 11.8 Å². The standard InChI is InChI=1S/C44H67NO4/c1-9-13-29-18-23-44(45)25-24-42(7)30(36(29)44)16-17-34-41(6)21-20-35(40(4,5)33(41)19-22-43(34,42)8)49-38(47)32-26-31(39(32,2)3)37(46)48-27-28-14-11-10-12-15-28/h10-12,14-15,29-36H,9,13,16-27,45H2,1-8H3/t29?,30-,31+,32-,33?,34?,35+,36?,41+,42-,43-,44+/m1/s1. The molecule has 0 radical (unpaired) electrons.